The van der Waals surface area contributed by atoms with Crippen molar-refractivity contribution in [1.82, 2.24) is 19.9 Å². The number of aryl methyl sites for hydroxylation is 1. The van der Waals surface area contributed by atoms with Gasteiger partial charge in [-0.15, -0.1) is 11.3 Å². The lowest BCUT2D eigenvalue weighted by Crippen LogP contribution is -2.30. The molecule has 0 atom stereocenters. The highest BCUT2D eigenvalue weighted by Gasteiger charge is 2.19. The number of benzene rings is 1. The Kier molecular flexibility index (Phi) is 4.31. The molecule has 122 valence electrons. The van der Waals surface area contributed by atoms with Crippen molar-refractivity contribution in [3.05, 3.63) is 63.6 Å². The largest absolute Gasteiger partial charge is 0.293 e. The normalized spacial score (nSPS) is 14.6. The van der Waals surface area contributed by atoms with Gasteiger partial charge in [-0.3, -0.25) is 4.90 Å². The van der Waals surface area contributed by atoms with Crippen molar-refractivity contribution in [3.8, 4) is 10.6 Å². The molecule has 4 rings (SSSR count). The highest BCUT2D eigenvalue weighted by Crippen LogP contribution is 2.28. The number of rotatable bonds is 3. The fourth-order valence-corrected chi connectivity index (χ4v) is 4.02. The van der Waals surface area contributed by atoms with Gasteiger partial charge in [-0.05, 0) is 19.1 Å². The molecule has 0 aliphatic carbocycles. The fraction of sp³-hybridized carbons (Fsp3) is 0.278. The van der Waals surface area contributed by atoms with Crippen molar-refractivity contribution >= 4 is 22.9 Å². The van der Waals surface area contributed by atoms with Crippen molar-refractivity contribution in [2.45, 2.75) is 26.4 Å². The van der Waals surface area contributed by atoms with Crippen LogP contribution in [0.25, 0.3) is 10.6 Å². The van der Waals surface area contributed by atoms with E-state index >= 15 is 0 Å². The maximum Gasteiger partial charge on any atom is 0.125 e. The fourth-order valence-electron chi connectivity index (χ4n) is 2.94. The Morgan fingerprint density at radius 2 is 2.00 bits per heavy atom. The van der Waals surface area contributed by atoms with Gasteiger partial charge in [-0.2, -0.15) is 0 Å². The van der Waals surface area contributed by atoms with Gasteiger partial charge in [0.05, 0.1) is 0 Å². The SMILES string of the molecule is Cc1ncc2c(n1)CCN(Cc1cnc(-c3ccc(Cl)cc3)s1)C2. The molecule has 0 radical (unpaired) electrons. The van der Waals surface area contributed by atoms with Crippen molar-refractivity contribution in [2.24, 2.45) is 0 Å². The smallest absolute Gasteiger partial charge is 0.125 e. The maximum absolute atomic E-state index is 5.95. The van der Waals surface area contributed by atoms with E-state index in [0.29, 0.717) is 0 Å². The van der Waals surface area contributed by atoms with Crippen LogP contribution in [0.1, 0.15) is 22.0 Å². The molecule has 0 saturated carbocycles. The van der Waals surface area contributed by atoms with Gasteiger partial charge >= 0.3 is 0 Å². The molecule has 0 N–H and O–H groups in total. The van der Waals surface area contributed by atoms with Gasteiger partial charge in [-0.25, -0.2) is 15.0 Å². The molecule has 0 unspecified atom stereocenters. The number of halogens is 1. The summed E-state index contributed by atoms with van der Waals surface area (Å²) in [5, 5.41) is 1.79. The molecule has 4 nitrogen and oxygen atoms in total. The number of hydrogen-bond donors (Lipinski definition) is 0. The monoisotopic (exact) mass is 356 g/mol. The van der Waals surface area contributed by atoms with E-state index < -0.39 is 0 Å². The van der Waals surface area contributed by atoms with Crippen molar-refractivity contribution in [1.29, 1.82) is 0 Å². The molecule has 0 saturated heterocycles. The standard InChI is InChI=1S/C18H17ClN4S/c1-12-20-8-14-10-23(7-6-17(14)22-12)11-16-9-21-18(24-16)13-2-4-15(19)5-3-13/h2-5,8-9H,6-7,10-11H2,1H3. The molecule has 3 aromatic rings. The van der Waals surface area contributed by atoms with Crippen LogP contribution in [0, 0.1) is 6.92 Å². The zero-order valence-electron chi connectivity index (χ0n) is 13.4. The summed E-state index contributed by atoms with van der Waals surface area (Å²) in [6, 6.07) is 7.84. The minimum absolute atomic E-state index is 0.750. The summed E-state index contributed by atoms with van der Waals surface area (Å²) in [6.07, 6.45) is 4.94. The van der Waals surface area contributed by atoms with E-state index in [2.05, 4.69) is 19.9 Å². The molecule has 3 heterocycles. The molecular weight excluding hydrogens is 340 g/mol. The minimum Gasteiger partial charge on any atom is -0.293 e. The second-order valence-electron chi connectivity index (χ2n) is 5.99. The van der Waals surface area contributed by atoms with Crippen LogP contribution in [-0.4, -0.2) is 26.4 Å². The molecule has 0 fully saturated rings. The van der Waals surface area contributed by atoms with Gasteiger partial charge in [0.1, 0.15) is 10.8 Å². The van der Waals surface area contributed by atoms with Crippen LogP contribution in [0.3, 0.4) is 0 Å². The molecule has 1 aliphatic rings. The molecule has 24 heavy (non-hydrogen) atoms. The van der Waals surface area contributed by atoms with Crippen molar-refractivity contribution in [2.75, 3.05) is 6.54 Å². The Morgan fingerprint density at radius 3 is 2.83 bits per heavy atom. The van der Waals surface area contributed by atoms with Gasteiger partial charge in [-0.1, -0.05) is 23.7 Å². The van der Waals surface area contributed by atoms with Crippen LogP contribution < -0.4 is 0 Å². The van der Waals surface area contributed by atoms with Gasteiger partial charge in [0.15, 0.2) is 0 Å². The van der Waals surface area contributed by atoms with Crippen LogP contribution in [0.2, 0.25) is 5.02 Å². The second-order valence-corrected chi connectivity index (χ2v) is 7.54. The van der Waals surface area contributed by atoms with Crippen LogP contribution in [0.15, 0.2) is 36.7 Å². The van der Waals surface area contributed by atoms with Crippen LogP contribution in [0.4, 0.5) is 0 Å². The third-order valence-electron chi connectivity index (χ3n) is 4.16. The first-order valence-corrected chi connectivity index (χ1v) is 9.11. The first kappa shape index (κ1) is 15.7. The zero-order valence-corrected chi connectivity index (χ0v) is 14.9. The summed E-state index contributed by atoms with van der Waals surface area (Å²) >= 11 is 7.69. The molecular formula is C18H17ClN4S. The average Bonchev–Trinajstić information content (AvgIpc) is 3.04. The molecule has 2 aromatic heterocycles. The summed E-state index contributed by atoms with van der Waals surface area (Å²) in [6.45, 7) is 4.79. The Hall–Kier alpha value is -1.82. The lowest BCUT2D eigenvalue weighted by atomic mass is 10.1. The quantitative estimate of drug-likeness (QED) is 0.708. The third-order valence-corrected chi connectivity index (χ3v) is 5.44. The summed E-state index contributed by atoms with van der Waals surface area (Å²) < 4.78 is 0. The summed E-state index contributed by atoms with van der Waals surface area (Å²) in [7, 11) is 0. The Morgan fingerprint density at radius 1 is 1.17 bits per heavy atom. The lowest BCUT2D eigenvalue weighted by Gasteiger charge is -2.27. The third kappa shape index (κ3) is 3.34. The van der Waals surface area contributed by atoms with Crippen LogP contribution >= 0.6 is 22.9 Å². The number of hydrogen-bond acceptors (Lipinski definition) is 5. The molecule has 0 amide bonds. The Balaban J connectivity index is 1.47. The highest BCUT2D eigenvalue weighted by atomic mass is 35.5. The molecule has 1 aliphatic heterocycles. The zero-order chi connectivity index (χ0) is 16.5. The van der Waals surface area contributed by atoms with E-state index in [1.165, 1.54) is 16.1 Å². The number of thiazole rings is 1. The number of aromatic nitrogens is 3. The molecule has 0 bridgehead atoms. The van der Waals surface area contributed by atoms with E-state index in [1.54, 1.807) is 11.3 Å². The van der Waals surface area contributed by atoms with E-state index in [4.69, 9.17) is 11.6 Å². The minimum atomic E-state index is 0.750. The van der Waals surface area contributed by atoms with Gasteiger partial charge in [0.2, 0.25) is 0 Å². The highest BCUT2D eigenvalue weighted by molar-refractivity contribution is 7.15. The van der Waals surface area contributed by atoms with Crippen molar-refractivity contribution in [3.63, 3.8) is 0 Å². The summed E-state index contributed by atoms with van der Waals surface area (Å²) in [5.74, 6) is 0.859. The van der Waals surface area contributed by atoms with E-state index in [1.807, 2.05) is 43.6 Å². The number of fused-ring (bicyclic) bond motifs is 1. The van der Waals surface area contributed by atoms with E-state index in [-0.39, 0.29) is 0 Å². The Labute approximate surface area is 150 Å². The van der Waals surface area contributed by atoms with Crippen molar-refractivity contribution < 1.29 is 0 Å². The van der Waals surface area contributed by atoms with Gasteiger partial charge in [0, 0.05) is 65.2 Å². The van der Waals surface area contributed by atoms with Gasteiger partial charge < -0.3 is 0 Å². The molecule has 0 spiro atoms. The average molecular weight is 357 g/mol. The Bertz CT molecular complexity index is 860. The number of nitrogens with zero attached hydrogens (tertiary/aromatic N) is 4. The lowest BCUT2D eigenvalue weighted by molar-refractivity contribution is 0.244. The van der Waals surface area contributed by atoms with E-state index in [9.17, 15) is 0 Å². The predicted molar refractivity (Wildman–Crippen MR) is 97.1 cm³/mol. The predicted octanol–water partition coefficient (Wildman–Crippen LogP) is 4.12. The molecule has 6 heteroatoms. The first-order valence-electron chi connectivity index (χ1n) is 7.92. The summed E-state index contributed by atoms with van der Waals surface area (Å²) in [5.41, 5.74) is 3.56. The summed E-state index contributed by atoms with van der Waals surface area (Å²) in [4.78, 5) is 17.1. The van der Waals surface area contributed by atoms with E-state index in [0.717, 1.165) is 47.5 Å². The van der Waals surface area contributed by atoms with Crippen LogP contribution in [0.5, 0.6) is 0 Å². The van der Waals surface area contributed by atoms with Gasteiger partial charge in [0.25, 0.3) is 0 Å². The topological polar surface area (TPSA) is 41.9 Å². The maximum atomic E-state index is 5.95. The first-order chi connectivity index (χ1) is 11.7. The second kappa shape index (κ2) is 6.59. The molecule has 1 aromatic carbocycles. The van der Waals surface area contributed by atoms with Crippen LogP contribution in [-0.2, 0) is 19.5 Å².